The molecule has 0 fully saturated rings. The summed E-state index contributed by atoms with van der Waals surface area (Å²) in [4.78, 5) is 2.73. The average molecular weight is 952 g/mol. The SMILES string of the molecule is CCCCCc1cc(-c2cc3c(cc2Nc2ccc4c(c2)C(C)(C)CCC4(C)C)C(C)(C)CCC3(C)C)c2c(c1)N(c1cc3c(cc1C)C(C)(C)CCC3(C)C)c1ccc3c(c1[B]2)-c1ccccc1C3(C)C. The molecule has 1 aliphatic heterocycles. The van der Waals surface area contributed by atoms with Gasteiger partial charge in [0.05, 0.1) is 0 Å². The van der Waals surface area contributed by atoms with E-state index in [1.54, 1.807) is 0 Å². The maximum Gasteiger partial charge on any atom is 0.198 e. The molecule has 4 aliphatic carbocycles. The second kappa shape index (κ2) is 16.5. The van der Waals surface area contributed by atoms with Crippen molar-refractivity contribution in [2.75, 3.05) is 10.2 Å². The molecule has 5 aliphatic rings. The molecule has 11 rings (SSSR count). The van der Waals surface area contributed by atoms with Gasteiger partial charge < -0.3 is 10.2 Å². The summed E-state index contributed by atoms with van der Waals surface area (Å²) in [6, 6.07) is 37.2. The molecule has 0 amide bonds. The predicted octanol–water partition coefficient (Wildman–Crippen LogP) is 17.9. The van der Waals surface area contributed by atoms with Crippen LogP contribution in [0.5, 0.6) is 0 Å². The summed E-state index contributed by atoms with van der Waals surface area (Å²) in [7, 11) is 2.63. The molecule has 1 N–H and O–H groups in total. The van der Waals surface area contributed by atoms with Crippen molar-refractivity contribution in [1.29, 1.82) is 0 Å². The average Bonchev–Trinajstić information content (AvgIpc) is 3.56. The van der Waals surface area contributed by atoms with E-state index in [1.807, 2.05) is 0 Å². The lowest BCUT2D eigenvalue weighted by Gasteiger charge is -2.44. The fourth-order valence-corrected chi connectivity index (χ4v) is 14.4. The summed E-state index contributed by atoms with van der Waals surface area (Å²) < 4.78 is 0. The van der Waals surface area contributed by atoms with Gasteiger partial charge in [0.25, 0.3) is 0 Å². The minimum Gasteiger partial charge on any atom is -0.355 e. The zero-order chi connectivity index (χ0) is 51.3. The summed E-state index contributed by atoms with van der Waals surface area (Å²) >= 11 is 0. The summed E-state index contributed by atoms with van der Waals surface area (Å²) in [5.74, 6) is 0. The molecule has 1 heterocycles. The molecule has 6 aromatic rings. The standard InChI is InChI=1S/C69H84BN2/c1-17-18-19-22-43-36-47(46-39-53-54(67(11,12)33-32-66(53,9)10)40-56(46)71-44-25-26-49-52(38-44)65(7,8)30-29-63(49,3)4)61-59(37-43)72(58-41-55-51(35-42(58)2)64(5,6)31-34-68(55,13)14)57-28-27-50-60(62(57)70-61)45-23-20-21-24-48(45)69(50,15)16/h20-21,23-28,35-41,71H,17-19,22,29-34H2,1-16H3. The molecule has 72 heavy (non-hydrogen) atoms. The largest absolute Gasteiger partial charge is 0.355 e. The quantitative estimate of drug-likeness (QED) is 0.121. The summed E-state index contributed by atoms with van der Waals surface area (Å²) in [5, 5.41) is 4.24. The van der Waals surface area contributed by atoms with Gasteiger partial charge in [-0.2, -0.15) is 0 Å². The van der Waals surface area contributed by atoms with Gasteiger partial charge in [-0.1, -0.05) is 165 Å². The van der Waals surface area contributed by atoms with Gasteiger partial charge in [0, 0.05) is 39.4 Å². The molecular formula is C69H84BN2. The van der Waals surface area contributed by atoms with Gasteiger partial charge in [-0.3, -0.25) is 0 Å². The van der Waals surface area contributed by atoms with Gasteiger partial charge in [0.2, 0.25) is 0 Å². The van der Waals surface area contributed by atoms with Crippen molar-refractivity contribution < 1.29 is 0 Å². The van der Waals surface area contributed by atoms with Crippen LogP contribution in [-0.4, -0.2) is 7.28 Å². The first-order valence-electron chi connectivity index (χ1n) is 28.1. The minimum atomic E-state index is -0.115. The van der Waals surface area contributed by atoms with Crippen molar-refractivity contribution in [1.82, 2.24) is 0 Å². The summed E-state index contributed by atoms with van der Waals surface area (Å²) in [6.07, 6.45) is 11.8. The number of benzene rings is 6. The normalized spacial score (nSPS) is 20.4. The van der Waals surface area contributed by atoms with Crippen molar-refractivity contribution in [3.05, 3.63) is 147 Å². The number of fused-ring (bicyclic) bond motifs is 9. The Morgan fingerprint density at radius 2 is 1.01 bits per heavy atom. The molecule has 0 saturated carbocycles. The highest BCUT2D eigenvalue weighted by Gasteiger charge is 2.44. The molecule has 6 aromatic carbocycles. The maximum absolute atomic E-state index is 4.24. The van der Waals surface area contributed by atoms with Crippen LogP contribution in [0.25, 0.3) is 22.3 Å². The zero-order valence-corrected chi connectivity index (χ0v) is 47.3. The van der Waals surface area contributed by atoms with Crippen molar-refractivity contribution >= 4 is 46.6 Å². The van der Waals surface area contributed by atoms with E-state index in [9.17, 15) is 0 Å². The summed E-state index contributed by atoms with van der Waals surface area (Å²) in [5.41, 5.74) is 29.4. The molecular weight excluding hydrogens is 868 g/mol. The van der Waals surface area contributed by atoms with Crippen LogP contribution in [0.4, 0.5) is 28.4 Å². The minimum absolute atomic E-state index is 0.0393. The molecule has 3 heteroatoms. The van der Waals surface area contributed by atoms with Crippen LogP contribution in [0, 0.1) is 6.92 Å². The van der Waals surface area contributed by atoms with Crippen molar-refractivity contribution in [2.24, 2.45) is 0 Å². The number of aryl methyl sites for hydroxylation is 2. The van der Waals surface area contributed by atoms with Crippen LogP contribution in [0.3, 0.4) is 0 Å². The maximum atomic E-state index is 4.24. The molecule has 0 aromatic heterocycles. The Morgan fingerprint density at radius 1 is 0.458 bits per heavy atom. The predicted molar refractivity (Wildman–Crippen MR) is 313 cm³/mol. The molecule has 0 saturated heterocycles. The van der Waals surface area contributed by atoms with E-state index in [1.165, 1.54) is 175 Å². The third kappa shape index (κ3) is 7.69. The van der Waals surface area contributed by atoms with Gasteiger partial charge in [0.15, 0.2) is 7.28 Å². The van der Waals surface area contributed by atoms with Crippen LogP contribution in [0.1, 0.15) is 217 Å². The first-order chi connectivity index (χ1) is 33.8. The van der Waals surface area contributed by atoms with Crippen molar-refractivity contribution in [3.63, 3.8) is 0 Å². The molecule has 1 radical (unpaired) electrons. The van der Waals surface area contributed by atoms with Crippen LogP contribution < -0.4 is 21.1 Å². The van der Waals surface area contributed by atoms with Crippen LogP contribution in [0.2, 0.25) is 0 Å². The lowest BCUT2D eigenvalue weighted by atomic mass is 9.55. The molecule has 373 valence electrons. The Morgan fingerprint density at radius 3 is 1.65 bits per heavy atom. The fourth-order valence-electron chi connectivity index (χ4n) is 14.4. The van der Waals surface area contributed by atoms with Crippen LogP contribution in [0.15, 0.2) is 91.0 Å². The number of unbranched alkanes of at least 4 members (excludes halogenated alkanes) is 2. The highest BCUT2D eigenvalue weighted by atomic mass is 15.2. The van der Waals surface area contributed by atoms with Gasteiger partial charge in [-0.15, -0.1) is 0 Å². The van der Waals surface area contributed by atoms with E-state index >= 15 is 0 Å². The molecule has 2 nitrogen and oxygen atoms in total. The van der Waals surface area contributed by atoms with Crippen molar-refractivity contribution in [3.8, 4) is 22.3 Å². The Hall–Kier alpha value is -5.02. The topological polar surface area (TPSA) is 15.3 Å². The number of nitrogens with zero attached hydrogens (tertiary/aromatic N) is 1. The number of hydrogen-bond acceptors (Lipinski definition) is 2. The number of anilines is 5. The first kappa shape index (κ1) is 49.2. The van der Waals surface area contributed by atoms with E-state index < -0.39 is 0 Å². The van der Waals surface area contributed by atoms with E-state index in [4.69, 9.17) is 0 Å². The smallest absolute Gasteiger partial charge is 0.198 e. The first-order valence-corrected chi connectivity index (χ1v) is 28.1. The van der Waals surface area contributed by atoms with Crippen LogP contribution >= 0.6 is 0 Å². The van der Waals surface area contributed by atoms with Crippen molar-refractivity contribution in [2.45, 2.75) is 213 Å². The monoisotopic (exact) mass is 952 g/mol. The third-order valence-corrected chi connectivity index (χ3v) is 19.6. The van der Waals surface area contributed by atoms with E-state index in [-0.39, 0.29) is 37.9 Å². The fraction of sp³-hybridized carbons (Fsp3) is 0.478. The third-order valence-electron chi connectivity index (χ3n) is 19.6. The van der Waals surface area contributed by atoms with Gasteiger partial charge in [-0.05, 0) is 216 Å². The number of rotatable bonds is 8. The number of nitrogens with one attached hydrogen (secondary N) is 1. The number of hydrogen-bond donors (Lipinski definition) is 1. The Bertz CT molecular complexity index is 3200. The van der Waals surface area contributed by atoms with E-state index in [2.05, 4.69) is 219 Å². The Balaban J connectivity index is 1.22. The van der Waals surface area contributed by atoms with Gasteiger partial charge in [0.1, 0.15) is 0 Å². The summed E-state index contributed by atoms with van der Waals surface area (Å²) in [6.45, 7) is 39.2. The lowest BCUT2D eigenvalue weighted by Crippen LogP contribution is -2.43. The molecule has 0 unspecified atom stereocenters. The Kier molecular flexibility index (Phi) is 11.3. The second-order valence-electron chi connectivity index (χ2n) is 27.9. The molecule has 0 spiro atoms. The van der Waals surface area contributed by atoms with Crippen LogP contribution in [-0.2, 0) is 44.3 Å². The Labute approximate surface area is 436 Å². The van der Waals surface area contributed by atoms with E-state index in [0.29, 0.717) is 0 Å². The lowest BCUT2D eigenvalue weighted by molar-refractivity contribution is 0.332. The zero-order valence-electron chi connectivity index (χ0n) is 47.3. The van der Waals surface area contributed by atoms with Gasteiger partial charge in [-0.25, -0.2) is 0 Å². The second-order valence-corrected chi connectivity index (χ2v) is 27.9. The highest BCUT2D eigenvalue weighted by molar-refractivity contribution is 6.74. The highest BCUT2D eigenvalue weighted by Crippen LogP contribution is 2.55. The molecule has 0 atom stereocenters. The molecule has 0 bridgehead atoms. The van der Waals surface area contributed by atoms with E-state index in [0.717, 1.165) is 6.42 Å². The van der Waals surface area contributed by atoms with Gasteiger partial charge >= 0.3 is 0 Å².